The van der Waals surface area contributed by atoms with Gasteiger partial charge in [-0.25, -0.2) is 0 Å². The van der Waals surface area contributed by atoms with Crippen LogP contribution in [0.1, 0.15) is 55.3 Å². The number of nitrogens with one attached hydrogen (secondary N) is 2. The van der Waals surface area contributed by atoms with E-state index in [2.05, 4.69) is 85.0 Å². The molecule has 68 heavy (non-hydrogen) atoms. The van der Waals surface area contributed by atoms with Gasteiger partial charge in [0.25, 0.3) is 0 Å². The molecule has 5 atom stereocenters. The first-order valence-electron chi connectivity index (χ1n) is 22.7. The minimum absolute atomic E-state index is 0. The number of carbonyl (C=O) groups excluding carboxylic acids is 1. The minimum Gasteiger partial charge on any atom is -0.494 e. The number of ether oxygens (including phenoxy) is 6. The molecular weight excluding hydrogens is 942 g/mol. The Morgan fingerprint density at radius 2 is 1.01 bits per heavy atom. The molecule has 11 heteroatoms. The smallest absolute Gasteiger partial charge is 0.494 e. The summed E-state index contributed by atoms with van der Waals surface area (Å²) in [4.78, 5) is 11.1. The van der Waals surface area contributed by atoms with Gasteiger partial charge >= 0.3 is 58.2 Å². The average molecular weight is 1000 g/mol. The van der Waals surface area contributed by atoms with E-state index in [0.717, 1.165) is 55.8 Å². The molecule has 7 aromatic rings. The Labute approximate surface area is 453 Å². The molecule has 2 N–H and O–H groups in total. The molecule has 2 amide bonds. The third kappa shape index (κ3) is 15.2. The van der Waals surface area contributed by atoms with Crippen molar-refractivity contribution in [2.45, 2.75) is 75.2 Å². The van der Waals surface area contributed by atoms with E-state index in [1.54, 1.807) is 11.8 Å². The third-order valence-corrected chi connectivity index (χ3v) is 13.3. The van der Waals surface area contributed by atoms with Crippen LogP contribution in [0, 0.1) is 6.92 Å². The van der Waals surface area contributed by atoms with Crippen molar-refractivity contribution in [1.82, 2.24) is 5.32 Å². The van der Waals surface area contributed by atoms with Crippen LogP contribution in [-0.2, 0) is 58.4 Å². The van der Waals surface area contributed by atoms with Gasteiger partial charge in [-0.2, -0.15) is 0 Å². The standard InChI is InChI=1S/C57H58N2O7S.Rb/c1-41-31-51(62-35-44-19-9-3-10-20-44)50(33-48(41)32-42-27-29-49(30-28-42)66-40-59-57(58)60)56-55(65-38-47-25-15-6-16-26-47)54(64-37-46-23-13-5-14-24-46)53(63-36-45-21-11-4-12-22-45)52(67-56)39-61-34-43-17-7-2-8-18-43;/h2-31,33,52-56H,32,34-40H2,1H3,(H3,58,59,60);/q;+1/p-1/t52-,53-,54+,55-,56+;/m1./s1. The number of thioether (sulfide) groups is 1. The summed E-state index contributed by atoms with van der Waals surface area (Å²) in [5.41, 5.74) is 16.8. The summed E-state index contributed by atoms with van der Waals surface area (Å²) >= 11 is 1.81. The van der Waals surface area contributed by atoms with Crippen LogP contribution in [0.15, 0.2) is 188 Å². The minimum atomic E-state index is -0.890. The molecule has 7 aromatic carbocycles. The van der Waals surface area contributed by atoms with Crippen molar-refractivity contribution in [1.29, 1.82) is 0 Å². The maximum Gasteiger partial charge on any atom is 1.00 e. The number of carbonyl (C=O) groups is 1. The van der Waals surface area contributed by atoms with Crippen molar-refractivity contribution in [2.75, 3.05) is 13.3 Å². The zero-order valence-electron chi connectivity index (χ0n) is 38.7. The van der Waals surface area contributed by atoms with Gasteiger partial charge in [-0.1, -0.05) is 170 Å². The first-order valence-corrected chi connectivity index (χ1v) is 23.6. The summed E-state index contributed by atoms with van der Waals surface area (Å²) in [6.45, 7) is 4.44. The van der Waals surface area contributed by atoms with Crippen molar-refractivity contribution < 1.29 is 91.4 Å². The number of amides is 2. The Kier molecular flexibility index (Phi) is 20.3. The van der Waals surface area contributed by atoms with Gasteiger partial charge in [-0.05, 0) is 76.1 Å². The van der Waals surface area contributed by atoms with Gasteiger partial charge in [-0.3, -0.25) is 4.79 Å². The Morgan fingerprint density at radius 3 is 1.53 bits per heavy atom. The molecule has 1 aliphatic rings. The van der Waals surface area contributed by atoms with Crippen molar-refractivity contribution in [3.05, 3.63) is 244 Å². The van der Waals surface area contributed by atoms with Crippen LogP contribution in [-0.4, -0.2) is 42.9 Å². The van der Waals surface area contributed by atoms with Crippen LogP contribution in [0.3, 0.4) is 0 Å². The molecule has 0 aromatic heterocycles. The van der Waals surface area contributed by atoms with Crippen molar-refractivity contribution in [2.24, 2.45) is 0 Å². The molecule has 1 heterocycles. The van der Waals surface area contributed by atoms with Gasteiger partial charge < -0.3 is 39.5 Å². The quantitative estimate of drug-likeness (QED) is 0.0670. The van der Waals surface area contributed by atoms with Crippen LogP contribution < -0.4 is 73.0 Å². The molecule has 0 unspecified atom stereocenters. The van der Waals surface area contributed by atoms with Crippen LogP contribution in [0.4, 0.5) is 4.79 Å². The van der Waals surface area contributed by atoms with Crippen LogP contribution in [0.25, 0.3) is 5.73 Å². The summed E-state index contributed by atoms with van der Waals surface area (Å²) < 4.78 is 40.7. The maximum absolute atomic E-state index is 11.1. The predicted molar refractivity (Wildman–Crippen MR) is 265 cm³/mol. The van der Waals surface area contributed by atoms with E-state index < -0.39 is 24.3 Å². The first-order chi connectivity index (χ1) is 32.9. The molecule has 344 valence electrons. The van der Waals surface area contributed by atoms with Crippen molar-refractivity contribution in [3.63, 3.8) is 0 Å². The first kappa shape index (κ1) is 51.3. The van der Waals surface area contributed by atoms with Crippen LogP contribution >= 0.6 is 11.8 Å². The molecule has 9 nitrogen and oxygen atoms in total. The van der Waals surface area contributed by atoms with Gasteiger partial charge in [0.1, 0.15) is 36.4 Å². The van der Waals surface area contributed by atoms with E-state index in [0.29, 0.717) is 51.8 Å². The molecule has 1 fully saturated rings. The normalized spacial score (nSPS) is 17.7. The molecule has 0 saturated carbocycles. The van der Waals surface area contributed by atoms with Gasteiger partial charge in [0.15, 0.2) is 6.03 Å². The second-order valence-corrected chi connectivity index (χ2v) is 18.0. The van der Waals surface area contributed by atoms with E-state index in [4.69, 9.17) is 34.2 Å². The molecule has 1 aliphatic heterocycles. The number of hydrogen-bond donors (Lipinski definition) is 1. The van der Waals surface area contributed by atoms with E-state index in [1.165, 1.54) is 0 Å². The Balaban J connectivity index is 0.00000684. The van der Waals surface area contributed by atoms with Crippen molar-refractivity contribution in [3.8, 4) is 11.5 Å². The maximum atomic E-state index is 11.1. The second-order valence-electron chi connectivity index (χ2n) is 16.6. The fourth-order valence-corrected chi connectivity index (χ4v) is 9.83. The number of urea groups is 1. The molecule has 0 aliphatic carbocycles. The second kappa shape index (κ2) is 27.0. The Morgan fingerprint density at radius 1 is 0.544 bits per heavy atom. The number of benzene rings is 7. The summed E-state index contributed by atoms with van der Waals surface area (Å²) in [5, 5.41) is 1.91. The number of aryl methyl sites for hydroxylation is 1. The molecule has 0 bridgehead atoms. The van der Waals surface area contributed by atoms with Crippen LogP contribution in [0.5, 0.6) is 11.5 Å². The fraction of sp³-hybridized carbons (Fsp3) is 0.246. The summed E-state index contributed by atoms with van der Waals surface area (Å²) in [7, 11) is 0. The largest absolute Gasteiger partial charge is 1.00 e. The molecule has 1 saturated heterocycles. The van der Waals surface area contributed by atoms with Gasteiger partial charge in [0.05, 0.1) is 50.3 Å². The molecule has 0 spiro atoms. The van der Waals surface area contributed by atoms with Gasteiger partial charge in [0, 0.05) is 5.56 Å². The number of rotatable bonds is 22. The zero-order valence-corrected chi connectivity index (χ0v) is 44.4. The Bertz CT molecular complexity index is 2560. The number of hydrogen-bond acceptors (Lipinski definition) is 8. The molecule has 0 radical (unpaired) electrons. The zero-order chi connectivity index (χ0) is 46.0. The molecule has 8 rings (SSSR count). The summed E-state index contributed by atoms with van der Waals surface area (Å²) in [6.07, 6.45) is -0.788. The third-order valence-electron chi connectivity index (χ3n) is 11.7. The molecular formula is C57H57N2O7RbS. The predicted octanol–water partition coefficient (Wildman–Crippen LogP) is 9.40. The van der Waals surface area contributed by atoms with E-state index in [9.17, 15) is 4.79 Å². The van der Waals surface area contributed by atoms with Gasteiger partial charge in [0.2, 0.25) is 0 Å². The van der Waals surface area contributed by atoms with E-state index in [-0.39, 0.29) is 75.4 Å². The van der Waals surface area contributed by atoms with Crippen molar-refractivity contribution >= 4 is 17.8 Å². The van der Waals surface area contributed by atoms with Crippen LogP contribution in [0.2, 0.25) is 0 Å². The monoisotopic (exact) mass is 998 g/mol. The average Bonchev–Trinajstić information content (AvgIpc) is 3.36. The topological polar surface area (TPSA) is 108 Å². The SMILES string of the molecule is Cc1cc(OCc2ccccc2)c([C@@H]2S[C@H](COCc3ccccc3)[C@@H](OCc3ccccc3)[C@H](OCc3ccccc3)[C@H]2OCc2ccccc2)cc1Cc1ccc(OCNC([NH-])=O)cc1.[Rb+]. The summed E-state index contributed by atoms with van der Waals surface area (Å²) in [6, 6.07) is 62.7. The fourth-order valence-electron chi connectivity index (χ4n) is 8.17. The Hall–Kier alpha value is -4.59. The van der Waals surface area contributed by atoms with E-state index >= 15 is 0 Å². The van der Waals surface area contributed by atoms with E-state index in [1.807, 2.05) is 115 Å². The van der Waals surface area contributed by atoms with Gasteiger partial charge in [-0.15, -0.1) is 11.8 Å². The summed E-state index contributed by atoms with van der Waals surface area (Å²) in [5.74, 6) is 1.38.